The van der Waals surface area contributed by atoms with Crippen molar-refractivity contribution in [3.63, 3.8) is 0 Å². The predicted molar refractivity (Wildman–Crippen MR) is 97.3 cm³/mol. The fourth-order valence-electron chi connectivity index (χ4n) is 3.81. The first-order valence-corrected chi connectivity index (χ1v) is 8.58. The summed E-state index contributed by atoms with van der Waals surface area (Å²) < 4.78 is 0. The molecular weight excluding hydrogens is 314 g/mol. The van der Waals surface area contributed by atoms with Gasteiger partial charge in [0.15, 0.2) is 0 Å². The van der Waals surface area contributed by atoms with Crippen molar-refractivity contribution in [3.8, 4) is 0 Å². The number of aliphatic hydroxyl groups is 1. The van der Waals surface area contributed by atoms with Gasteiger partial charge >= 0.3 is 0 Å². The zero-order valence-corrected chi connectivity index (χ0v) is 15.0. The highest BCUT2D eigenvalue weighted by Crippen LogP contribution is 2.37. The first kappa shape index (κ1) is 17.6. The van der Waals surface area contributed by atoms with E-state index >= 15 is 0 Å². The number of likely N-dealkylation sites (tertiary alicyclic amines) is 1. The number of carbonyl (C=O) groups excluding carboxylic acids is 1. The smallest absolute Gasteiger partial charge is 0.272 e. The Kier molecular flexibility index (Phi) is 4.88. The van der Waals surface area contributed by atoms with Crippen molar-refractivity contribution < 1.29 is 9.90 Å². The van der Waals surface area contributed by atoms with E-state index in [4.69, 9.17) is 0 Å². The number of rotatable bonds is 3. The van der Waals surface area contributed by atoms with E-state index in [1.54, 1.807) is 11.1 Å². The number of benzene rings is 1. The predicted octanol–water partition coefficient (Wildman–Crippen LogP) is 2.05. The lowest BCUT2D eigenvalue weighted by molar-refractivity contribution is -0.0613. The number of β-amino-alcohol motifs (C(OH)–C–C–N with tert-alkyl or cyclic N) is 1. The summed E-state index contributed by atoms with van der Waals surface area (Å²) in [6.45, 7) is 2.76. The van der Waals surface area contributed by atoms with E-state index in [9.17, 15) is 9.90 Å². The van der Waals surface area contributed by atoms with Gasteiger partial charge in [-0.05, 0) is 44.6 Å². The number of hydrogen-bond donors (Lipinski definition) is 1. The minimum absolute atomic E-state index is 0.113. The summed E-state index contributed by atoms with van der Waals surface area (Å²) in [6.07, 6.45) is 1.63. The molecule has 0 bridgehead atoms. The molecule has 1 amide bonds. The fraction of sp³-hybridized carbons (Fsp3) is 0.400. The van der Waals surface area contributed by atoms with Gasteiger partial charge in [-0.1, -0.05) is 36.4 Å². The van der Waals surface area contributed by atoms with Crippen LogP contribution in [-0.2, 0) is 5.54 Å². The van der Waals surface area contributed by atoms with E-state index in [0.29, 0.717) is 25.2 Å². The SMILES string of the molecule is Cc1cccnc1C(=O)N1CC[C@@](c2ccccc2)(N(C)C)[C@H](O)C1. The summed E-state index contributed by atoms with van der Waals surface area (Å²) in [5.41, 5.74) is 1.91. The largest absolute Gasteiger partial charge is 0.389 e. The highest BCUT2D eigenvalue weighted by Gasteiger charge is 2.46. The Morgan fingerprint density at radius 3 is 2.56 bits per heavy atom. The molecule has 2 aromatic rings. The first-order valence-electron chi connectivity index (χ1n) is 8.58. The molecule has 1 fully saturated rings. The minimum Gasteiger partial charge on any atom is -0.389 e. The van der Waals surface area contributed by atoms with Crippen molar-refractivity contribution in [1.82, 2.24) is 14.8 Å². The van der Waals surface area contributed by atoms with Crippen LogP contribution in [0.4, 0.5) is 0 Å². The molecule has 5 nitrogen and oxygen atoms in total. The molecule has 3 rings (SSSR count). The van der Waals surface area contributed by atoms with Crippen LogP contribution in [0.15, 0.2) is 48.7 Å². The van der Waals surface area contributed by atoms with E-state index in [-0.39, 0.29) is 5.91 Å². The molecular formula is C20H25N3O2. The molecule has 0 spiro atoms. The Morgan fingerprint density at radius 1 is 1.24 bits per heavy atom. The van der Waals surface area contributed by atoms with Crippen molar-refractivity contribution in [2.24, 2.45) is 0 Å². The fourth-order valence-corrected chi connectivity index (χ4v) is 3.81. The van der Waals surface area contributed by atoms with Gasteiger partial charge in [-0.3, -0.25) is 14.7 Å². The normalized spacial score (nSPS) is 23.7. The van der Waals surface area contributed by atoms with Crippen LogP contribution in [0.2, 0.25) is 0 Å². The molecule has 1 aliphatic rings. The number of hydrogen-bond acceptors (Lipinski definition) is 4. The van der Waals surface area contributed by atoms with Crippen molar-refractivity contribution in [2.45, 2.75) is 25.0 Å². The summed E-state index contributed by atoms with van der Waals surface area (Å²) in [5.74, 6) is -0.113. The Hall–Kier alpha value is -2.24. The number of carbonyl (C=O) groups is 1. The molecule has 0 radical (unpaired) electrons. The van der Waals surface area contributed by atoms with Crippen LogP contribution in [0.25, 0.3) is 0 Å². The number of aliphatic hydroxyl groups excluding tert-OH is 1. The summed E-state index contributed by atoms with van der Waals surface area (Å²) in [5, 5.41) is 11.0. The highest BCUT2D eigenvalue weighted by molar-refractivity contribution is 5.93. The number of pyridine rings is 1. The quantitative estimate of drug-likeness (QED) is 0.930. The number of aryl methyl sites for hydroxylation is 1. The second-order valence-corrected chi connectivity index (χ2v) is 6.87. The van der Waals surface area contributed by atoms with Gasteiger partial charge < -0.3 is 10.0 Å². The summed E-state index contributed by atoms with van der Waals surface area (Å²) in [4.78, 5) is 20.8. The molecule has 0 saturated carbocycles. The Bertz CT molecular complexity index is 748. The molecule has 2 atom stereocenters. The van der Waals surface area contributed by atoms with E-state index in [1.807, 2.05) is 63.5 Å². The third-order valence-electron chi connectivity index (χ3n) is 5.28. The van der Waals surface area contributed by atoms with Crippen LogP contribution in [0.5, 0.6) is 0 Å². The summed E-state index contributed by atoms with van der Waals surface area (Å²) in [6, 6.07) is 13.7. The second-order valence-electron chi connectivity index (χ2n) is 6.87. The lowest BCUT2D eigenvalue weighted by Crippen LogP contribution is -2.61. The minimum atomic E-state index is -0.674. The maximum absolute atomic E-state index is 12.8. The lowest BCUT2D eigenvalue weighted by atomic mass is 9.77. The maximum Gasteiger partial charge on any atom is 0.272 e. The number of piperidine rings is 1. The Balaban J connectivity index is 1.87. The number of aromatic nitrogens is 1. The van der Waals surface area contributed by atoms with Gasteiger partial charge in [0.25, 0.3) is 5.91 Å². The molecule has 1 aliphatic heterocycles. The highest BCUT2D eigenvalue weighted by atomic mass is 16.3. The maximum atomic E-state index is 12.8. The van der Waals surface area contributed by atoms with Gasteiger partial charge in [-0.2, -0.15) is 0 Å². The molecule has 1 aromatic heterocycles. The second kappa shape index (κ2) is 6.94. The number of nitrogens with zero attached hydrogens (tertiary/aromatic N) is 3. The lowest BCUT2D eigenvalue weighted by Gasteiger charge is -2.49. The van der Waals surface area contributed by atoms with Crippen LogP contribution < -0.4 is 0 Å². The average molecular weight is 339 g/mol. The molecule has 132 valence electrons. The van der Waals surface area contributed by atoms with E-state index in [1.165, 1.54) is 0 Å². The standard InChI is InChI=1S/C20H25N3O2/c1-15-8-7-12-21-18(15)19(25)23-13-11-20(22(2)3,17(24)14-23)16-9-5-4-6-10-16/h4-10,12,17,24H,11,13-14H2,1-3H3/t17-,20+/m1/s1. The van der Waals surface area contributed by atoms with E-state index < -0.39 is 11.6 Å². The van der Waals surface area contributed by atoms with E-state index in [0.717, 1.165) is 11.1 Å². The zero-order valence-electron chi connectivity index (χ0n) is 15.0. The third-order valence-corrected chi connectivity index (χ3v) is 5.28. The van der Waals surface area contributed by atoms with Crippen LogP contribution in [-0.4, -0.2) is 59.1 Å². The summed E-state index contributed by atoms with van der Waals surface area (Å²) >= 11 is 0. The van der Waals surface area contributed by atoms with Gasteiger partial charge in [0.1, 0.15) is 5.69 Å². The number of likely N-dealkylation sites (N-methyl/N-ethyl adjacent to an activating group) is 1. The van der Waals surface area contributed by atoms with Gasteiger partial charge in [0, 0.05) is 19.3 Å². The van der Waals surface area contributed by atoms with E-state index in [2.05, 4.69) is 9.88 Å². The molecule has 25 heavy (non-hydrogen) atoms. The monoisotopic (exact) mass is 339 g/mol. The third kappa shape index (κ3) is 3.05. The molecule has 2 heterocycles. The zero-order chi connectivity index (χ0) is 18.0. The Morgan fingerprint density at radius 2 is 1.96 bits per heavy atom. The molecule has 1 N–H and O–H groups in total. The van der Waals surface area contributed by atoms with Crippen molar-refractivity contribution >= 4 is 5.91 Å². The molecule has 5 heteroatoms. The van der Waals surface area contributed by atoms with Crippen LogP contribution in [0, 0.1) is 6.92 Å². The van der Waals surface area contributed by atoms with Crippen molar-refractivity contribution in [1.29, 1.82) is 0 Å². The first-order chi connectivity index (χ1) is 12.0. The van der Waals surface area contributed by atoms with Crippen molar-refractivity contribution in [3.05, 3.63) is 65.5 Å². The topological polar surface area (TPSA) is 56.7 Å². The van der Waals surface area contributed by atoms with Crippen LogP contribution >= 0.6 is 0 Å². The van der Waals surface area contributed by atoms with Crippen LogP contribution in [0.1, 0.15) is 28.0 Å². The van der Waals surface area contributed by atoms with Gasteiger partial charge in [-0.15, -0.1) is 0 Å². The van der Waals surface area contributed by atoms with Gasteiger partial charge in [-0.25, -0.2) is 0 Å². The van der Waals surface area contributed by atoms with Crippen molar-refractivity contribution in [2.75, 3.05) is 27.2 Å². The van der Waals surface area contributed by atoms with Crippen LogP contribution in [0.3, 0.4) is 0 Å². The Labute approximate surface area is 148 Å². The van der Waals surface area contributed by atoms with Gasteiger partial charge in [0.2, 0.25) is 0 Å². The molecule has 0 aliphatic carbocycles. The average Bonchev–Trinajstić information content (AvgIpc) is 2.62. The number of amides is 1. The molecule has 1 aromatic carbocycles. The molecule has 1 saturated heterocycles. The molecule has 0 unspecified atom stereocenters. The summed E-state index contributed by atoms with van der Waals surface area (Å²) in [7, 11) is 3.97. The van der Waals surface area contributed by atoms with Gasteiger partial charge in [0.05, 0.1) is 11.6 Å².